The number of fused-ring (bicyclic) bond motifs is 1. The molecule has 1 aromatic rings. The highest BCUT2D eigenvalue weighted by atomic mass is 35.5. The summed E-state index contributed by atoms with van der Waals surface area (Å²) < 4.78 is 23.2. The molecule has 1 aromatic carbocycles. The topological polar surface area (TPSA) is 55.8 Å². The van der Waals surface area contributed by atoms with E-state index in [-0.39, 0.29) is 17.4 Å². The first-order valence-corrected chi connectivity index (χ1v) is 4.43. The predicted octanol–water partition coefficient (Wildman–Crippen LogP) is 2.16. The van der Waals surface area contributed by atoms with Crippen LogP contribution in [0.2, 0.25) is 5.02 Å². The number of halogens is 2. The molecule has 0 spiro atoms. The fourth-order valence-electron chi connectivity index (χ4n) is 1.26. The first-order valence-electron chi connectivity index (χ1n) is 4.05. The number of carboxylic acids is 1. The molecule has 80 valence electrons. The van der Waals surface area contributed by atoms with E-state index in [1.165, 1.54) is 12.1 Å². The molecule has 1 aliphatic heterocycles. The smallest absolute Gasteiger partial charge is 0.343 e. The Morgan fingerprint density at radius 3 is 2.67 bits per heavy atom. The van der Waals surface area contributed by atoms with E-state index in [0.717, 1.165) is 0 Å². The Balaban J connectivity index is 2.44. The van der Waals surface area contributed by atoms with Crippen molar-refractivity contribution in [3.8, 4) is 11.5 Å². The van der Waals surface area contributed by atoms with Gasteiger partial charge in [0.2, 0.25) is 13.0 Å². The van der Waals surface area contributed by atoms with Gasteiger partial charge < -0.3 is 14.6 Å². The fourth-order valence-corrected chi connectivity index (χ4v) is 1.51. The van der Waals surface area contributed by atoms with Crippen molar-refractivity contribution in [3.63, 3.8) is 0 Å². The molecular formula is C9H6ClFO4. The summed E-state index contributed by atoms with van der Waals surface area (Å²) in [6, 6.07) is 2.58. The zero-order chi connectivity index (χ0) is 11.0. The van der Waals surface area contributed by atoms with Crippen LogP contribution in [0.25, 0.3) is 0 Å². The van der Waals surface area contributed by atoms with Crippen LogP contribution in [0.5, 0.6) is 11.5 Å². The Bertz CT molecular complexity index is 421. The van der Waals surface area contributed by atoms with Gasteiger partial charge in [0.1, 0.15) is 0 Å². The first-order chi connectivity index (χ1) is 7.09. The van der Waals surface area contributed by atoms with Gasteiger partial charge in [0, 0.05) is 11.6 Å². The molecule has 1 atom stereocenters. The molecule has 4 nitrogen and oxygen atoms in total. The van der Waals surface area contributed by atoms with Crippen LogP contribution in [0.15, 0.2) is 12.1 Å². The highest BCUT2D eigenvalue weighted by Gasteiger charge is 2.25. The molecule has 0 bridgehead atoms. The van der Waals surface area contributed by atoms with E-state index in [0.29, 0.717) is 11.5 Å². The second-order valence-corrected chi connectivity index (χ2v) is 3.33. The normalized spacial score (nSPS) is 15.1. The Labute approximate surface area is 89.2 Å². The molecule has 2 rings (SSSR count). The minimum Gasteiger partial charge on any atom is -0.479 e. The van der Waals surface area contributed by atoms with E-state index >= 15 is 0 Å². The van der Waals surface area contributed by atoms with Gasteiger partial charge in [-0.15, -0.1) is 0 Å². The standard InChI is InChI=1S/C9H6ClFO4/c10-5-2-7-6(14-3-15-7)1-4(5)8(11)9(12)13/h1-2,8H,3H2,(H,12,13). The number of benzene rings is 1. The van der Waals surface area contributed by atoms with Crippen molar-refractivity contribution in [1.29, 1.82) is 0 Å². The van der Waals surface area contributed by atoms with Gasteiger partial charge in [0.15, 0.2) is 11.5 Å². The van der Waals surface area contributed by atoms with Gasteiger partial charge in [-0.25, -0.2) is 9.18 Å². The molecule has 1 N–H and O–H groups in total. The van der Waals surface area contributed by atoms with E-state index < -0.39 is 12.1 Å². The maximum Gasteiger partial charge on any atom is 0.343 e. The lowest BCUT2D eigenvalue weighted by Crippen LogP contribution is -2.06. The van der Waals surface area contributed by atoms with Crippen molar-refractivity contribution in [3.05, 3.63) is 22.7 Å². The third-order valence-electron chi connectivity index (χ3n) is 1.98. The van der Waals surface area contributed by atoms with Crippen LogP contribution >= 0.6 is 11.6 Å². The lowest BCUT2D eigenvalue weighted by molar-refractivity contribution is -0.143. The molecule has 0 amide bonds. The first kappa shape index (κ1) is 10.0. The van der Waals surface area contributed by atoms with Gasteiger partial charge >= 0.3 is 5.97 Å². The number of alkyl halides is 1. The summed E-state index contributed by atoms with van der Waals surface area (Å²) in [4.78, 5) is 10.4. The molecule has 0 aromatic heterocycles. The highest BCUT2D eigenvalue weighted by molar-refractivity contribution is 6.31. The molecule has 1 unspecified atom stereocenters. The van der Waals surface area contributed by atoms with Gasteiger partial charge in [-0.2, -0.15) is 0 Å². The van der Waals surface area contributed by atoms with E-state index in [9.17, 15) is 9.18 Å². The quantitative estimate of drug-likeness (QED) is 0.849. The average molecular weight is 233 g/mol. The Morgan fingerprint density at radius 2 is 2.07 bits per heavy atom. The van der Waals surface area contributed by atoms with Crippen LogP contribution in [-0.4, -0.2) is 17.9 Å². The second kappa shape index (κ2) is 3.58. The van der Waals surface area contributed by atoms with E-state index in [1.807, 2.05) is 0 Å². The number of carboxylic acid groups (broad SMARTS) is 1. The second-order valence-electron chi connectivity index (χ2n) is 2.93. The van der Waals surface area contributed by atoms with Crippen LogP contribution in [-0.2, 0) is 4.79 Å². The fraction of sp³-hybridized carbons (Fsp3) is 0.222. The molecule has 0 radical (unpaired) electrons. The molecule has 0 aliphatic carbocycles. The maximum atomic E-state index is 13.2. The van der Waals surface area contributed by atoms with Gasteiger partial charge in [0.25, 0.3) is 0 Å². The maximum absolute atomic E-state index is 13.2. The lowest BCUT2D eigenvalue weighted by atomic mass is 10.1. The number of rotatable bonds is 2. The Hall–Kier alpha value is -1.49. The highest BCUT2D eigenvalue weighted by Crippen LogP contribution is 2.39. The van der Waals surface area contributed by atoms with Gasteiger partial charge in [0.05, 0.1) is 5.02 Å². The zero-order valence-electron chi connectivity index (χ0n) is 7.37. The number of ether oxygens (including phenoxy) is 2. The van der Waals surface area contributed by atoms with Crippen LogP contribution in [0.4, 0.5) is 4.39 Å². The van der Waals surface area contributed by atoms with E-state index in [1.54, 1.807) is 0 Å². The molecule has 15 heavy (non-hydrogen) atoms. The van der Waals surface area contributed by atoms with Crippen molar-refractivity contribution in [2.45, 2.75) is 6.17 Å². The SMILES string of the molecule is O=C(O)C(F)c1cc2c(cc1Cl)OCO2. The van der Waals surface area contributed by atoms with Crippen LogP contribution in [0, 0.1) is 0 Å². The summed E-state index contributed by atoms with van der Waals surface area (Å²) in [6.07, 6.45) is -2.16. The average Bonchev–Trinajstić information content (AvgIpc) is 2.62. The summed E-state index contributed by atoms with van der Waals surface area (Å²) in [5.41, 5.74) is -0.131. The zero-order valence-corrected chi connectivity index (χ0v) is 8.12. The lowest BCUT2D eigenvalue weighted by Gasteiger charge is -2.07. The number of carbonyl (C=O) groups is 1. The van der Waals surface area contributed by atoms with E-state index in [4.69, 9.17) is 26.2 Å². The summed E-state index contributed by atoms with van der Waals surface area (Å²) >= 11 is 5.71. The van der Waals surface area contributed by atoms with Gasteiger partial charge in [-0.1, -0.05) is 11.6 Å². The third-order valence-corrected chi connectivity index (χ3v) is 2.31. The van der Waals surface area contributed by atoms with Gasteiger partial charge in [-0.3, -0.25) is 0 Å². The molecule has 1 aliphatic rings. The predicted molar refractivity (Wildman–Crippen MR) is 49.1 cm³/mol. The molecule has 0 saturated heterocycles. The third kappa shape index (κ3) is 1.70. The van der Waals surface area contributed by atoms with E-state index in [2.05, 4.69) is 0 Å². The Kier molecular flexibility index (Phi) is 2.40. The minimum atomic E-state index is -2.16. The van der Waals surface area contributed by atoms with Crippen LogP contribution in [0.1, 0.15) is 11.7 Å². The van der Waals surface area contributed by atoms with Gasteiger partial charge in [-0.05, 0) is 6.07 Å². The van der Waals surface area contributed by atoms with Crippen molar-refractivity contribution in [2.75, 3.05) is 6.79 Å². The Morgan fingerprint density at radius 1 is 1.47 bits per heavy atom. The largest absolute Gasteiger partial charge is 0.479 e. The molecule has 0 fully saturated rings. The molecule has 0 saturated carbocycles. The number of hydrogen-bond donors (Lipinski definition) is 1. The van der Waals surface area contributed by atoms with Crippen molar-refractivity contribution >= 4 is 17.6 Å². The van der Waals surface area contributed by atoms with Crippen LogP contribution < -0.4 is 9.47 Å². The monoisotopic (exact) mass is 232 g/mol. The minimum absolute atomic E-state index is 0.00847. The summed E-state index contributed by atoms with van der Waals surface area (Å²) in [6.45, 7) is 0.0269. The summed E-state index contributed by atoms with van der Waals surface area (Å²) in [5.74, 6) is -0.893. The van der Waals surface area contributed by atoms with Crippen molar-refractivity contribution < 1.29 is 23.8 Å². The van der Waals surface area contributed by atoms with Crippen LogP contribution in [0.3, 0.4) is 0 Å². The molecule has 6 heteroatoms. The number of aliphatic carboxylic acids is 1. The summed E-state index contributed by atoms with van der Waals surface area (Å²) in [5, 5.41) is 8.51. The van der Waals surface area contributed by atoms with Crippen molar-refractivity contribution in [1.82, 2.24) is 0 Å². The molecular weight excluding hydrogens is 227 g/mol. The number of hydrogen-bond acceptors (Lipinski definition) is 3. The molecule has 1 heterocycles. The summed E-state index contributed by atoms with van der Waals surface area (Å²) in [7, 11) is 0. The van der Waals surface area contributed by atoms with Crippen molar-refractivity contribution in [2.24, 2.45) is 0 Å².